The van der Waals surface area contributed by atoms with Gasteiger partial charge < -0.3 is 19.0 Å². The third-order valence-electron chi connectivity index (χ3n) is 4.70. The Labute approximate surface area is 136 Å². The third-order valence-corrected chi connectivity index (χ3v) is 4.70. The van der Waals surface area contributed by atoms with E-state index in [0.717, 1.165) is 29.6 Å². The fourth-order valence-corrected chi connectivity index (χ4v) is 3.49. The third kappa shape index (κ3) is 2.86. The lowest BCUT2D eigenvalue weighted by Gasteiger charge is -2.22. The van der Waals surface area contributed by atoms with E-state index >= 15 is 0 Å². The predicted molar refractivity (Wildman–Crippen MR) is 89.5 cm³/mol. The van der Waals surface area contributed by atoms with Crippen LogP contribution in [-0.4, -0.2) is 56.0 Å². The molecule has 1 aromatic carbocycles. The molecule has 5 nitrogen and oxygen atoms in total. The van der Waals surface area contributed by atoms with Crippen molar-refractivity contribution in [2.45, 2.75) is 19.6 Å². The van der Waals surface area contributed by atoms with Crippen molar-refractivity contribution in [2.24, 2.45) is 5.92 Å². The smallest absolute Gasteiger partial charge is 0.290 e. The quantitative estimate of drug-likeness (QED) is 0.870. The molecule has 1 aromatic heterocycles. The molecular formula is C18H24N2O3. The second-order valence-electron chi connectivity index (χ2n) is 6.56. The number of nitrogens with zero attached hydrogens (tertiary/aromatic N) is 2. The zero-order chi connectivity index (χ0) is 16.6. The van der Waals surface area contributed by atoms with Crippen molar-refractivity contribution in [1.29, 1.82) is 0 Å². The Morgan fingerprint density at radius 1 is 1.35 bits per heavy atom. The van der Waals surface area contributed by atoms with Crippen LogP contribution in [0.4, 0.5) is 0 Å². The Hall–Kier alpha value is -1.85. The number of para-hydroxylation sites is 1. The lowest BCUT2D eigenvalue weighted by atomic mass is 10.1. The molecule has 0 spiro atoms. The van der Waals surface area contributed by atoms with Crippen LogP contribution >= 0.6 is 0 Å². The molecule has 2 atom stereocenters. The second kappa shape index (κ2) is 6.34. The highest BCUT2D eigenvalue weighted by atomic mass is 16.5. The lowest BCUT2D eigenvalue weighted by Crippen LogP contribution is -2.35. The average molecular weight is 316 g/mol. The van der Waals surface area contributed by atoms with E-state index in [1.165, 1.54) is 0 Å². The highest BCUT2D eigenvalue weighted by molar-refractivity contribution is 5.99. The monoisotopic (exact) mass is 316 g/mol. The Morgan fingerprint density at radius 3 is 2.74 bits per heavy atom. The Bertz CT molecular complexity index is 707. The zero-order valence-electron chi connectivity index (χ0n) is 14.2. The first kappa shape index (κ1) is 16.0. The number of ether oxygens (including phenoxy) is 1. The summed E-state index contributed by atoms with van der Waals surface area (Å²) in [7, 11) is 5.76. The minimum atomic E-state index is -0.0375. The van der Waals surface area contributed by atoms with E-state index in [9.17, 15) is 4.79 Å². The summed E-state index contributed by atoms with van der Waals surface area (Å²) in [4.78, 5) is 17.1. The highest BCUT2D eigenvalue weighted by Gasteiger charge is 2.36. The zero-order valence-corrected chi connectivity index (χ0v) is 14.2. The molecular weight excluding hydrogens is 292 g/mol. The summed E-state index contributed by atoms with van der Waals surface area (Å²) in [5.41, 5.74) is 1.58. The van der Waals surface area contributed by atoms with Gasteiger partial charge in [-0.2, -0.15) is 0 Å². The number of likely N-dealkylation sites (tertiary alicyclic amines) is 1. The number of hydrogen-bond acceptors (Lipinski definition) is 4. The Kier molecular flexibility index (Phi) is 4.41. The van der Waals surface area contributed by atoms with Gasteiger partial charge in [0.1, 0.15) is 5.58 Å². The Balaban J connectivity index is 1.94. The van der Waals surface area contributed by atoms with Crippen LogP contribution in [0.3, 0.4) is 0 Å². The fraction of sp³-hybridized carbons (Fsp3) is 0.500. The van der Waals surface area contributed by atoms with Crippen molar-refractivity contribution in [3.63, 3.8) is 0 Å². The minimum absolute atomic E-state index is 0.0375. The maximum Gasteiger partial charge on any atom is 0.290 e. The Morgan fingerprint density at radius 2 is 2.09 bits per heavy atom. The summed E-state index contributed by atoms with van der Waals surface area (Å²) >= 11 is 0. The highest BCUT2D eigenvalue weighted by Crippen LogP contribution is 2.29. The van der Waals surface area contributed by atoms with Crippen LogP contribution in [0.1, 0.15) is 23.0 Å². The molecule has 124 valence electrons. The molecule has 0 aliphatic carbocycles. The van der Waals surface area contributed by atoms with Gasteiger partial charge in [0.05, 0.1) is 6.61 Å². The van der Waals surface area contributed by atoms with Crippen molar-refractivity contribution in [2.75, 3.05) is 34.3 Å². The normalized spacial score (nSPS) is 21.5. The van der Waals surface area contributed by atoms with Gasteiger partial charge in [-0.15, -0.1) is 0 Å². The minimum Gasteiger partial charge on any atom is -0.451 e. The van der Waals surface area contributed by atoms with Crippen molar-refractivity contribution in [3.8, 4) is 0 Å². The largest absolute Gasteiger partial charge is 0.451 e. The van der Waals surface area contributed by atoms with E-state index in [-0.39, 0.29) is 5.91 Å². The van der Waals surface area contributed by atoms with Crippen molar-refractivity contribution >= 4 is 16.9 Å². The standard InChI is InChI=1S/C18H24N2O3/c1-12-9-20(10-15(12)19(2)3)18(21)17-14(11-22-4)13-7-5-6-8-16(13)23-17/h5-8,12,15H,9-11H2,1-4H3/t12-,15-/m0/s1. The molecule has 1 amide bonds. The molecule has 2 aromatic rings. The van der Waals surface area contributed by atoms with Crippen LogP contribution in [0.15, 0.2) is 28.7 Å². The number of carbonyl (C=O) groups is 1. The van der Waals surface area contributed by atoms with E-state index in [1.54, 1.807) is 7.11 Å². The van der Waals surface area contributed by atoms with E-state index in [0.29, 0.717) is 24.3 Å². The van der Waals surface area contributed by atoms with E-state index < -0.39 is 0 Å². The molecule has 23 heavy (non-hydrogen) atoms. The van der Waals surface area contributed by atoms with Crippen molar-refractivity contribution in [3.05, 3.63) is 35.6 Å². The first-order valence-corrected chi connectivity index (χ1v) is 7.98. The first-order chi connectivity index (χ1) is 11.0. The summed E-state index contributed by atoms with van der Waals surface area (Å²) < 4.78 is 11.2. The van der Waals surface area contributed by atoms with Gasteiger partial charge in [-0.3, -0.25) is 4.79 Å². The van der Waals surface area contributed by atoms with Crippen LogP contribution in [-0.2, 0) is 11.3 Å². The molecule has 3 rings (SSSR count). The molecule has 1 aliphatic heterocycles. The van der Waals surface area contributed by atoms with Gasteiger partial charge in [-0.1, -0.05) is 25.1 Å². The summed E-state index contributed by atoms with van der Waals surface area (Å²) in [6.07, 6.45) is 0. The van der Waals surface area contributed by atoms with E-state index in [1.807, 2.05) is 29.2 Å². The number of hydrogen-bond donors (Lipinski definition) is 0. The van der Waals surface area contributed by atoms with Crippen LogP contribution in [0.2, 0.25) is 0 Å². The predicted octanol–water partition coefficient (Wildman–Crippen LogP) is 2.60. The molecule has 0 radical (unpaired) electrons. The molecule has 1 fully saturated rings. The number of rotatable bonds is 4. The van der Waals surface area contributed by atoms with E-state index in [2.05, 4.69) is 25.9 Å². The fourth-order valence-electron chi connectivity index (χ4n) is 3.49. The molecule has 1 saturated heterocycles. The molecule has 5 heteroatoms. The van der Waals surface area contributed by atoms with Crippen molar-refractivity contribution in [1.82, 2.24) is 9.80 Å². The maximum absolute atomic E-state index is 13.0. The molecule has 2 heterocycles. The number of carbonyl (C=O) groups excluding carboxylic acids is 1. The van der Waals surface area contributed by atoms with Gasteiger partial charge in [-0.05, 0) is 26.1 Å². The van der Waals surface area contributed by atoms with Gasteiger partial charge in [0.25, 0.3) is 5.91 Å². The average Bonchev–Trinajstić information content (AvgIpc) is 3.09. The number of furan rings is 1. The number of benzene rings is 1. The summed E-state index contributed by atoms with van der Waals surface area (Å²) in [5.74, 6) is 0.827. The molecule has 0 N–H and O–H groups in total. The number of methoxy groups -OCH3 is 1. The van der Waals surface area contributed by atoms with Crippen molar-refractivity contribution < 1.29 is 13.9 Å². The molecule has 0 unspecified atom stereocenters. The van der Waals surface area contributed by atoms with Gasteiger partial charge >= 0.3 is 0 Å². The number of fused-ring (bicyclic) bond motifs is 1. The first-order valence-electron chi connectivity index (χ1n) is 7.98. The van der Waals surface area contributed by atoms with Gasteiger partial charge in [-0.25, -0.2) is 0 Å². The van der Waals surface area contributed by atoms with E-state index in [4.69, 9.17) is 9.15 Å². The van der Waals surface area contributed by atoms with Crippen LogP contribution in [0, 0.1) is 5.92 Å². The van der Waals surface area contributed by atoms with Gasteiger partial charge in [0, 0.05) is 37.2 Å². The summed E-state index contributed by atoms with van der Waals surface area (Å²) in [6.45, 7) is 4.05. The van der Waals surface area contributed by atoms with Gasteiger partial charge in [0.15, 0.2) is 5.76 Å². The lowest BCUT2D eigenvalue weighted by molar-refractivity contribution is 0.0745. The van der Waals surface area contributed by atoms with Crippen LogP contribution in [0.25, 0.3) is 11.0 Å². The molecule has 1 aliphatic rings. The molecule has 0 bridgehead atoms. The van der Waals surface area contributed by atoms with Gasteiger partial charge in [0.2, 0.25) is 0 Å². The number of amides is 1. The second-order valence-corrected chi connectivity index (χ2v) is 6.56. The maximum atomic E-state index is 13.0. The topological polar surface area (TPSA) is 45.9 Å². The molecule has 0 saturated carbocycles. The number of likely N-dealkylation sites (N-methyl/N-ethyl adjacent to an activating group) is 1. The van der Waals surface area contributed by atoms with Crippen LogP contribution in [0.5, 0.6) is 0 Å². The summed E-state index contributed by atoms with van der Waals surface area (Å²) in [5, 5.41) is 0.953. The SMILES string of the molecule is COCc1c(C(=O)N2C[C@H](C)[C@@H](N(C)C)C2)oc2ccccc12. The summed E-state index contributed by atoms with van der Waals surface area (Å²) in [6, 6.07) is 8.11. The van der Waals surface area contributed by atoms with Crippen LogP contribution < -0.4 is 0 Å².